The number of carbonyl (C=O) groups excluding carboxylic acids is 1. The topological polar surface area (TPSA) is 23.6 Å². The summed E-state index contributed by atoms with van der Waals surface area (Å²) < 4.78 is 0. The Hall–Kier alpha value is -0.220. The van der Waals surface area contributed by atoms with Gasteiger partial charge in [0.05, 0.1) is 0 Å². The molecule has 0 radical (unpaired) electrons. The van der Waals surface area contributed by atoms with Crippen molar-refractivity contribution in [2.75, 3.05) is 32.7 Å². The second kappa shape index (κ2) is 6.29. The first-order valence-corrected chi connectivity index (χ1v) is 7.82. The summed E-state index contributed by atoms with van der Waals surface area (Å²) in [5.41, 5.74) is 0. The van der Waals surface area contributed by atoms with Crippen molar-refractivity contribution in [2.24, 2.45) is 11.8 Å². The molecule has 2 fully saturated rings. The van der Waals surface area contributed by atoms with E-state index in [1.807, 2.05) is 0 Å². The first-order chi connectivity index (χ1) is 8.61. The van der Waals surface area contributed by atoms with Crippen LogP contribution in [-0.4, -0.2) is 53.7 Å². The minimum atomic E-state index is 0.373. The van der Waals surface area contributed by atoms with Crippen LogP contribution in [0.1, 0.15) is 33.1 Å². The third-order valence-corrected chi connectivity index (χ3v) is 4.73. The summed E-state index contributed by atoms with van der Waals surface area (Å²) in [6, 6.07) is 0. The highest BCUT2D eigenvalue weighted by molar-refractivity contribution is 7.80. The summed E-state index contributed by atoms with van der Waals surface area (Å²) in [4.78, 5) is 16.5. The second-order valence-electron chi connectivity index (χ2n) is 5.81. The van der Waals surface area contributed by atoms with E-state index < -0.39 is 0 Å². The Balaban J connectivity index is 1.74. The Morgan fingerprint density at radius 1 is 1.28 bits per heavy atom. The monoisotopic (exact) mass is 270 g/mol. The van der Waals surface area contributed by atoms with Crippen LogP contribution in [0.2, 0.25) is 0 Å². The molecule has 0 bridgehead atoms. The molecule has 2 aliphatic rings. The maximum absolute atomic E-state index is 11.9. The van der Waals surface area contributed by atoms with Crippen molar-refractivity contribution in [1.82, 2.24) is 9.80 Å². The zero-order chi connectivity index (χ0) is 13.1. The van der Waals surface area contributed by atoms with E-state index in [1.54, 1.807) is 0 Å². The lowest BCUT2D eigenvalue weighted by molar-refractivity contribution is -0.134. The molecule has 1 heterocycles. The van der Waals surface area contributed by atoms with Gasteiger partial charge in [-0.1, -0.05) is 20.3 Å². The highest BCUT2D eigenvalue weighted by Crippen LogP contribution is 2.31. The van der Waals surface area contributed by atoms with Gasteiger partial charge < -0.3 is 4.90 Å². The fraction of sp³-hybridized carbons (Fsp3) is 0.929. The molecule has 0 aromatic rings. The quantitative estimate of drug-likeness (QED) is 0.771. The number of amides is 1. The second-order valence-corrected chi connectivity index (χ2v) is 6.62. The summed E-state index contributed by atoms with van der Waals surface area (Å²) in [5.74, 6) is 1.45. The van der Waals surface area contributed by atoms with Crippen molar-refractivity contribution < 1.29 is 4.79 Å². The van der Waals surface area contributed by atoms with E-state index in [2.05, 4.69) is 36.3 Å². The molecule has 0 aromatic heterocycles. The normalized spacial score (nSPS) is 24.9. The lowest BCUT2D eigenvalue weighted by Crippen LogP contribution is -2.50. The van der Waals surface area contributed by atoms with E-state index in [0.717, 1.165) is 45.6 Å². The van der Waals surface area contributed by atoms with Gasteiger partial charge in [-0.25, -0.2) is 0 Å². The van der Waals surface area contributed by atoms with E-state index in [4.69, 9.17) is 0 Å². The standard InChI is InChI=1S/C14H26N2OS/c1-3-12(11(2)18)10-15-6-8-16(9-7-15)14(17)13-4-5-13/h11-13,18H,3-10H2,1-2H3/t11?,12-/m0/s1. The number of rotatable bonds is 5. The molecule has 1 unspecified atom stereocenters. The van der Waals surface area contributed by atoms with E-state index in [9.17, 15) is 4.79 Å². The van der Waals surface area contributed by atoms with E-state index in [0.29, 0.717) is 23.0 Å². The van der Waals surface area contributed by atoms with Gasteiger partial charge in [0.1, 0.15) is 0 Å². The fourth-order valence-corrected chi connectivity index (χ4v) is 3.00. The summed E-state index contributed by atoms with van der Waals surface area (Å²) >= 11 is 4.57. The highest BCUT2D eigenvalue weighted by Gasteiger charge is 2.34. The fourth-order valence-electron chi connectivity index (χ4n) is 2.69. The Labute approximate surface area is 116 Å². The van der Waals surface area contributed by atoms with Crippen LogP contribution in [0.5, 0.6) is 0 Å². The molecule has 1 saturated carbocycles. The number of hydrogen-bond donors (Lipinski definition) is 1. The zero-order valence-electron chi connectivity index (χ0n) is 11.6. The first-order valence-electron chi connectivity index (χ1n) is 7.31. The van der Waals surface area contributed by atoms with E-state index in [1.165, 1.54) is 6.42 Å². The Bertz CT molecular complexity index is 284. The third kappa shape index (κ3) is 3.64. The van der Waals surface area contributed by atoms with Crippen LogP contribution >= 0.6 is 12.6 Å². The first kappa shape index (κ1) is 14.2. The molecule has 1 saturated heterocycles. The smallest absolute Gasteiger partial charge is 0.225 e. The molecular formula is C14H26N2OS. The molecule has 0 aromatic carbocycles. The van der Waals surface area contributed by atoms with Gasteiger partial charge in [-0.05, 0) is 18.8 Å². The minimum absolute atomic E-state index is 0.373. The molecule has 2 rings (SSSR count). The molecule has 0 spiro atoms. The predicted octanol–water partition coefficient (Wildman–Crippen LogP) is 1.89. The average Bonchev–Trinajstić information content (AvgIpc) is 3.19. The van der Waals surface area contributed by atoms with Crippen LogP contribution in [-0.2, 0) is 4.79 Å². The maximum atomic E-state index is 11.9. The van der Waals surface area contributed by atoms with Gasteiger partial charge >= 0.3 is 0 Å². The van der Waals surface area contributed by atoms with Gasteiger partial charge in [-0.2, -0.15) is 12.6 Å². The van der Waals surface area contributed by atoms with Crippen molar-refractivity contribution in [1.29, 1.82) is 0 Å². The molecule has 3 nitrogen and oxygen atoms in total. The molecule has 18 heavy (non-hydrogen) atoms. The lowest BCUT2D eigenvalue weighted by atomic mass is 10.0. The van der Waals surface area contributed by atoms with Gasteiger partial charge in [0.2, 0.25) is 5.91 Å². The van der Waals surface area contributed by atoms with Gasteiger partial charge in [0.25, 0.3) is 0 Å². The van der Waals surface area contributed by atoms with Crippen molar-refractivity contribution in [3.8, 4) is 0 Å². The van der Waals surface area contributed by atoms with Crippen molar-refractivity contribution in [2.45, 2.75) is 38.4 Å². The number of thiol groups is 1. The van der Waals surface area contributed by atoms with Crippen LogP contribution in [0.3, 0.4) is 0 Å². The molecular weight excluding hydrogens is 244 g/mol. The Morgan fingerprint density at radius 2 is 1.89 bits per heavy atom. The number of nitrogens with zero attached hydrogens (tertiary/aromatic N) is 2. The number of carbonyl (C=O) groups is 1. The molecule has 4 heteroatoms. The molecule has 1 aliphatic carbocycles. The largest absolute Gasteiger partial charge is 0.340 e. The highest BCUT2D eigenvalue weighted by atomic mass is 32.1. The van der Waals surface area contributed by atoms with Crippen molar-refractivity contribution in [3.63, 3.8) is 0 Å². The van der Waals surface area contributed by atoms with Crippen LogP contribution in [0.4, 0.5) is 0 Å². The summed E-state index contributed by atoms with van der Waals surface area (Å²) in [5, 5.41) is 0.459. The van der Waals surface area contributed by atoms with Gasteiger partial charge in [-0.3, -0.25) is 9.69 Å². The minimum Gasteiger partial charge on any atom is -0.340 e. The van der Waals surface area contributed by atoms with Crippen LogP contribution in [0, 0.1) is 11.8 Å². The van der Waals surface area contributed by atoms with Crippen molar-refractivity contribution in [3.05, 3.63) is 0 Å². The summed E-state index contributed by atoms with van der Waals surface area (Å²) in [7, 11) is 0. The summed E-state index contributed by atoms with van der Waals surface area (Å²) in [6.45, 7) is 9.48. The third-order valence-electron chi connectivity index (χ3n) is 4.31. The van der Waals surface area contributed by atoms with E-state index >= 15 is 0 Å². The Morgan fingerprint density at radius 3 is 2.33 bits per heavy atom. The Kier molecular flexibility index (Phi) is 4.96. The molecule has 0 N–H and O–H groups in total. The van der Waals surface area contributed by atoms with Crippen LogP contribution < -0.4 is 0 Å². The summed E-state index contributed by atoms with van der Waals surface area (Å²) in [6.07, 6.45) is 3.42. The van der Waals surface area contributed by atoms with Gasteiger partial charge in [0, 0.05) is 43.9 Å². The van der Waals surface area contributed by atoms with Crippen molar-refractivity contribution >= 4 is 18.5 Å². The van der Waals surface area contributed by atoms with E-state index in [-0.39, 0.29) is 0 Å². The maximum Gasteiger partial charge on any atom is 0.225 e. The number of hydrogen-bond acceptors (Lipinski definition) is 3. The molecule has 2 atom stereocenters. The predicted molar refractivity (Wildman–Crippen MR) is 78.0 cm³/mol. The molecule has 1 amide bonds. The number of piperazine rings is 1. The zero-order valence-corrected chi connectivity index (χ0v) is 12.5. The SMILES string of the molecule is CC[C@@H](CN1CCN(C(=O)C2CC2)CC1)C(C)S. The van der Waals surface area contributed by atoms with Gasteiger partial charge in [-0.15, -0.1) is 0 Å². The average molecular weight is 270 g/mol. The van der Waals surface area contributed by atoms with Crippen LogP contribution in [0.25, 0.3) is 0 Å². The molecule has 1 aliphatic heterocycles. The van der Waals surface area contributed by atoms with Crippen LogP contribution in [0.15, 0.2) is 0 Å². The lowest BCUT2D eigenvalue weighted by Gasteiger charge is -2.37. The molecule has 104 valence electrons. The van der Waals surface area contributed by atoms with Gasteiger partial charge in [0.15, 0.2) is 0 Å².